The van der Waals surface area contributed by atoms with Crippen LogP contribution in [0.5, 0.6) is 11.5 Å². The SMILES string of the molecule is CCOC1CC(OC(=O)CCCOc2ccc(C(C)=O)cc2OC)C1. The highest BCUT2D eigenvalue weighted by Crippen LogP contribution is 2.29. The predicted molar refractivity (Wildman–Crippen MR) is 92.3 cm³/mol. The molecular formula is C19H26O6. The number of ketones is 1. The van der Waals surface area contributed by atoms with E-state index in [1.54, 1.807) is 18.2 Å². The van der Waals surface area contributed by atoms with Crippen LogP contribution in [0.15, 0.2) is 18.2 Å². The maximum atomic E-state index is 11.8. The molecule has 138 valence electrons. The summed E-state index contributed by atoms with van der Waals surface area (Å²) in [5, 5.41) is 0. The number of hydrogen-bond donors (Lipinski definition) is 0. The van der Waals surface area contributed by atoms with Crippen LogP contribution in [0.2, 0.25) is 0 Å². The van der Waals surface area contributed by atoms with Crippen LogP contribution in [-0.2, 0) is 14.3 Å². The molecule has 1 saturated carbocycles. The van der Waals surface area contributed by atoms with E-state index < -0.39 is 0 Å². The van der Waals surface area contributed by atoms with Gasteiger partial charge in [0.15, 0.2) is 17.3 Å². The van der Waals surface area contributed by atoms with Gasteiger partial charge in [-0.05, 0) is 38.5 Å². The first-order chi connectivity index (χ1) is 12.0. The van der Waals surface area contributed by atoms with Crippen molar-refractivity contribution >= 4 is 11.8 Å². The molecule has 0 N–H and O–H groups in total. The van der Waals surface area contributed by atoms with E-state index in [1.807, 2.05) is 6.92 Å². The molecule has 25 heavy (non-hydrogen) atoms. The van der Waals surface area contributed by atoms with Crippen molar-refractivity contribution in [2.24, 2.45) is 0 Å². The Morgan fingerprint density at radius 3 is 2.56 bits per heavy atom. The molecule has 6 nitrogen and oxygen atoms in total. The number of esters is 1. The van der Waals surface area contributed by atoms with Gasteiger partial charge in [0.25, 0.3) is 0 Å². The van der Waals surface area contributed by atoms with Gasteiger partial charge < -0.3 is 18.9 Å². The lowest BCUT2D eigenvalue weighted by Gasteiger charge is -2.34. The average molecular weight is 350 g/mol. The third-order valence-electron chi connectivity index (χ3n) is 4.11. The van der Waals surface area contributed by atoms with Crippen LogP contribution in [0.25, 0.3) is 0 Å². The largest absolute Gasteiger partial charge is 0.493 e. The van der Waals surface area contributed by atoms with Crippen molar-refractivity contribution in [2.75, 3.05) is 20.3 Å². The molecule has 0 aromatic heterocycles. The number of ether oxygens (including phenoxy) is 4. The summed E-state index contributed by atoms with van der Waals surface area (Å²) in [6.07, 6.45) is 2.66. The number of benzene rings is 1. The second-order valence-corrected chi connectivity index (χ2v) is 6.03. The van der Waals surface area contributed by atoms with Crippen molar-refractivity contribution in [2.45, 2.75) is 51.7 Å². The van der Waals surface area contributed by atoms with E-state index in [-0.39, 0.29) is 24.0 Å². The Morgan fingerprint density at radius 2 is 1.92 bits per heavy atom. The van der Waals surface area contributed by atoms with Crippen LogP contribution in [0.1, 0.15) is 49.9 Å². The smallest absolute Gasteiger partial charge is 0.306 e. The molecule has 0 bridgehead atoms. The van der Waals surface area contributed by atoms with E-state index in [0.29, 0.717) is 43.1 Å². The van der Waals surface area contributed by atoms with Gasteiger partial charge in [-0.25, -0.2) is 0 Å². The summed E-state index contributed by atoms with van der Waals surface area (Å²) in [5.41, 5.74) is 0.568. The predicted octanol–water partition coefficient (Wildman–Crippen LogP) is 3.17. The van der Waals surface area contributed by atoms with Gasteiger partial charge >= 0.3 is 5.97 Å². The maximum absolute atomic E-state index is 11.8. The Balaban J connectivity index is 1.67. The molecule has 1 aromatic carbocycles. The lowest BCUT2D eigenvalue weighted by atomic mass is 9.92. The first-order valence-corrected chi connectivity index (χ1v) is 8.66. The lowest BCUT2D eigenvalue weighted by molar-refractivity contribution is -0.162. The number of carbonyl (C=O) groups excluding carboxylic acids is 2. The number of hydrogen-bond acceptors (Lipinski definition) is 6. The first-order valence-electron chi connectivity index (χ1n) is 8.66. The van der Waals surface area contributed by atoms with Crippen LogP contribution >= 0.6 is 0 Å². The van der Waals surface area contributed by atoms with Crippen molar-refractivity contribution < 1.29 is 28.5 Å². The van der Waals surface area contributed by atoms with Crippen LogP contribution in [0.3, 0.4) is 0 Å². The standard InChI is InChI=1S/C19H26O6/c1-4-23-15-11-16(12-15)25-19(21)6-5-9-24-17-8-7-14(13(2)20)10-18(17)22-3/h7-8,10,15-16H,4-6,9,11-12H2,1-3H3. The van der Waals surface area contributed by atoms with Gasteiger partial charge in [0.2, 0.25) is 0 Å². The highest BCUT2D eigenvalue weighted by atomic mass is 16.6. The summed E-state index contributed by atoms with van der Waals surface area (Å²) in [5.74, 6) is 0.823. The van der Waals surface area contributed by atoms with Crippen LogP contribution in [0.4, 0.5) is 0 Å². The Bertz CT molecular complexity index is 592. The van der Waals surface area contributed by atoms with E-state index in [1.165, 1.54) is 14.0 Å². The number of rotatable bonds is 10. The van der Waals surface area contributed by atoms with Crippen LogP contribution in [0, 0.1) is 0 Å². The fourth-order valence-corrected chi connectivity index (χ4v) is 2.63. The summed E-state index contributed by atoms with van der Waals surface area (Å²) < 4.78 is 21.7. The molecule has 1 aliphatic rings. The number of Topliss-reactive ketones (excluding diaryl/α,β-unsaturated/α-hetero) is 1. The van der Waals surface area contributed by atoms with Crippen molar-refractivity contribution in [3.63, 3.8) is 0 Å². The van der Waals surface area contributed by atoms with Gasteiger partial charge in [0, 0.05) is 31.4 Å². The zero-order valence-corrected chi connectivity index (χ0v) is 15.1. The maximum Gasteiger partial charge on any atom is 0.306 e. The number of carbonyl (C=O) groups is 2. The molecule has 1 aromatic rings. The summed E-state index contributed by atoms with van der Waals surface area (Å²) in [4.78, 5) is 23.2. The zero-order chi connectivity index (χ0) is 18.2. The minimum absolute atomic E-state index is 0.0100. The van der Waals surface area contributed by atoms with E-state index in [0.717, 1.165) is 12.8 Å². The van der Waals surface area contributed by atoms with Crippen molar-refractivity contribution in [3.05, 3.63) is 23.8 Å². The molecular weight excluding hydrogens is 324 g/mol. The van der Waals surface area contributed by atoms with Gasteiger partial charge in [-0.15, -0.1) is 0 Å². The Hall–Kier alpha value is -2.08. The Morgan fingerprint density at radius 1 is 1.16 bits per heavy atom. The van der Waals surface area contributed by atoms with Crippen LogP contribution in [-0.4, -0.2) is 44.3 Å². The minimum Gasteiger partial charge on any atom is -0.493 e. The van der Waals surface area contributed by atoms with Gasteiger partial charge in [0.05, 0.1) is 19.8 Å². The van der Waals surface area contributed by atoms with E-state index in [4.69, 9.17) is 18.9 Å². The first kappa shape index (κ1) is 19.2. The van der Waals surface area contributed by atoms with E-state index >= 15 is 0 Å². The van der Waals surface area contributed by atoms with Gasteiger partial charge in [0.1, 0.15) is 6.10 Å². The van der Waals surface area contributed by atoms with Gasteiger partial charge in [-0.2, -0.15) is 0 Å². The second-order valence-electron chi connectivity index (χ2n) is 6.03. The minimum atomic E-state index is -0.206. The van der Waals surface area contributed by atoms with Crippen molar-refractivity contribution in [1.82, 2.24) is 0 Å². The normalized spacial score (nSPS) is 19.0. The summed E-state index contributed by atoms with van der Waals surface area (Å²) in [6.45, 7) is 4.53. The van der Waals surface area contributed by atoms with Crippen molar-refractivity contribution in [3.8, 4) is 11.5 Å². The molecule has 0 atom stereocenters. The Labute approximate surface area is 148 Å². The monoisotopic (exact) mass is 350 g/mol. The molecule has 0 spiro atoms. The molecule has 0 radical (unpaired) electrons. The topological polar surface area (TPSA) is 71.1 Å². The molecule has 6 heteroatoms. The molecule has 0 heterocycles. The highest BCUT2D eigenvalue weighted by Gasteiger charge is 2.32. The summed E-state index contributed by atoms with van der Waals surface area (Å²) in [7, 11) is 1.53. The highest BCUT2D eigenvalue weighted by molar-refractivity contribution is 5.94. The molecule has 2 rings (SSSR count). The molecule has 1 aliphatic carbocycles. The summed E-state index contributed by atoms with van der Waals surface area (Å²) >= 11 is 0. The van der Waals surface area contributed by atoms with E-state index in [2.05, 4.69) is 0 Å². The third-order valence-corrected chi connectivity index (χ3v) is 4.11. The lowest BCUT2D eigenvalue weighted by Crippen LogP contribution is -2.38. The molecule has 0 amide bonds. The van der Waals surface area contributed by atoms with Crippen LogP contribution < -0.4 is 9.47 Å². The zero-order valence-electron chi connectivity index (χ0n) is 15.1. The molecule has 0 unspecified atom stereocenters. The molecule has 0 aliphatic heterocycles. The Kier molecular flexibility index (Phi) is 7.25. The fraction of sp³-hybridized carbons (Fsp3) is 0.579. The van der Waals surface area contributed by atoms with Gasteiger partial charge in [-0.1, -0.05) is 0 Å². The molecule has 0 saturated heterocycles. The number of methoxy groups -OCH3 is 1. The fourth-order valence-electron chi connectivity index (χ4n) is 2.63. The third kappa shape index (κ3) is 5.74. The quantitative estimate of drug-likeness (QED) is 0.367. The van der Waals surface area contributed by atoms with E-state index in [9.17, 15) is 9.59 Å². The molecule has 1 fully saturated rings. The van der Waals surface area contributed by atoms with Crippen molar-refractivity contribution in [1.29, 1.82) is 0 Å². The second kappa shape index (κ2) is 9.42. The van der Waals surface area contributed by atoms with Gasteiger partial charge in [-0.3, -0.25) is 9.59 Å². The summed E-state index contributed by atoms with van der Waals surface area (Å²) in [6, 6.07) is 5.05. The average Bonchev–Trinajstić information content (AvgIpc) is 2.56.